The van der Waals surface area contributed by atoms with Crippen molar-refractivity contribution in [2.24, 2.45) is 0 Å². The highest BCUT2D eigenvalue weighted by atomic mass is 16.5. The van der Waals surface area contributed by atoms with Gasteiger partial charge in [-0.2, -0.15) is 0 Å². The van der Waals surface area contributed by atoms with Crippen LogP contribution in [0.2, 0.25) is 0 Å². The monoisotopic (exact) mass is 275 g/mol. The van der Waals surface area contributed by atoms with Gasteiger partial charge >= 0.3 is 0 Å². The zero-order chi connectivity index (χ0) is 14.4. The summed E-state index contributed by atoms with van der Waals surface area (Å²) in [5.41, 5.74) is 0.881. The molecule has 2 heterocycles. The van der Waals surface area contributed by atoms with Crippen LogP contribution in [0.1, 0.15) is 41.3 Å². The van der Waals surface area contributed by atoms with Crippen LogP contribution in [-0.2, 0) is 6.42 Å². The summed E-state index contributed by atoms with van der Waals surface area (Å²) in [6.07, 6.45) is 4.06. The van der Waals surface area contributed by atoms with Crippen LogP contribution in [0, 0.1) is 0 Å². The van der Waals surface area contributed by atoms with Crippen molar-refractivity contribution in [2.75, 3.05) is 6.54 Å². The van der Waals surface area contributed by atoms with Crippen molar-refractivity contribution in [3.05, 3.63) is 47.6 Å². The highest BCUT2D eigenvalue weighted by Crippen LogP contribution is 2.10. The summed E-state index contributed by atoms with van der Waals surface area (Å²) in [4.78, 5) is 15.8. The standard InChI is InChI=1S/C14H17N3O3/c1-2-4-11-7-12(17-20-11)14(19)16-9-13(18)10-5-3-6-15-8-10/h3,5-8,13,18H,2,4,9H2,1H3,(H,16,19)/t13-/m0/s1. The van der Waals surface area contributed by atoms with E-state index in [2.05, 4.69) is 15.5 Å². The Balaban J connectivity index is 1.88. The van der Waals surface area contributed by atoms with E-state index in [0.717, 1.165) is 12.8 Å². The average molecular weight is 275 g/mol. The number of nitrogens with one attached hydrogen (secondary N) is 1. The lowest BCUT2D eigenvalue weighted by molar-refractivity contribution is 0.0907. The highest BCUT2D eigenvalue weighted by molar-refractivity contribution is 5.92. The smallest absolute Gasteiger partial charge is 0.273 e. The van der Waals surface area contributed by atoms with Crippen LogP contribution < -0.4 is 5.32 Å². The van der Waals surface area contributed by atoms with Crippen molar-refractivity contribution in [3.63, 3.8) is 0 Å². The third kappa shape index (κ3) is 3.64. The first-order valence-electron chi connectivity index (χ1n) is 6.52. The molecular formula is C14H17N3O3. The van der Waals surface area contributed by atoms with Gasteiger partial charge in [0.15, 0.2) is 5.69 Å². The molecule has 6 nitrogen and oxygen atoms in total. The van der Waals surface area contributed by atoms with Crippen LogP contribution >= 0.6 is 0 Å². The van der Waals surface area contributed by atoms with Gasteiger partial charge in [-0.3, -0.25) is 9.78 Å². The van der Waals surface area contributed by atoms with Crippen LogP contribution in [0.4, 0.5) is 0 Å². The Morgan fingerprint density at radius 2 is 2.40 bits per heavy atom. The number of rotatable bonds is 6. The number of hydrogen-bond donors (Lipinski definition) is 2. The fourth-order valence-electron chi connectivity index (χ4n) is 1.76. The van der Waals surface area contributed by atoms with Gasteiger partial charge in [0.2, 0.25) is 0 Å². The molecule has 106 valence electrons. The minimum atomic E-state index is -0.797. The Hall–Kier alpha value is -2.21. The molecule has 1 amide bonds. The van der Waals surface area contributed by atoms with Gasteiger partial charge < -0.3 is 14.9 Å². The molecule has 0 bridgehead atoms. The van der Waals surface area contributed by atoms with Crippen molar-refractivity contribution in [3.8, 4) is 0 Å². The molecule has 0 aromatic carbocycles. The molecule has 0 aliphatic heterocycles. The van der Waals surface area contributed by atoms with Crippen molar-refractivity contribution in [1.29, 1.82) is 0 Å². The number of nitrogens with zero attached hydrogens (tertiary/aromatic N) is 2. The summed E-state index contributed by atoms with van der Waals surface area (Å²) < 4.78 is 5.03. The molecule has 2 aromatic rings. The van der Waals surface area contributed by atoms with Gasteiger partial charge in [0.25, 0.3) is 5.91 Å². The summed E-state index contributed by atoms with van der Waals surface area (Å²) in [5.74, 6) is 0.324. The minimum absolute atomic E-state index is 0.0977. The van der Waals surface area contributed by atoms with Crippen LogP contribution in [-0.4, -0.2) is 27.7 Å². The third-order valence-electron chi connectivity index (χ3n) is 2.81. The first kappa shape index (κ1) is 14.2. The molecule has 2 N–H and O–H groups in total. The van der Waals surface area contributed by atoms with Crippen molar-refractivity contribution < 1.29 is 14.4 Å². The number of aromatic nitrogens is 2. The number of aliphatic hydroxyl groups is 1. The second kappa shape index (κ2) is 6.81. The number of aliphatic hydroxyl groups excluding tert-OH is 1. The van der Waals surface area contributed by atoms with Crippen molar-refractivity contribution in [2.45, 2.75) is 25.9 Å². The molecule has 0 spiro atoms. The summed E-state index contributed by atoms with van der Waals surface area (Å²) in [7, 11) is 0. The molecule has 1 atom stereocenters. The van der Waals surface area contributed by atoms with Gasteiger partial charge in [-0.05, 0) is 12.5 Å². The lowest BCUT2D eigenvalue weighted by atomic mass is 10.1. The van der Waals surface area contributed by atoms with Crippen molar-refractivity contribution >= 4 is 5.91 Å². The summed E-state index contributed by atoms with van der Waals surface area (Å²) in [5, 5.41) is 16.2. The van der Waals surface area contributed by atoms with E-state index < -0.39 is 6.10 Å². The molecule has 2 aromatic heterocycles. The quantitative estimate of drug-likeness (QED) is 0.833. The first-order chi connectivity index (χ1) is 9.70. The van der Waals surface area contributed by atoms with Crippen LogP contribution in [0.5, 0.6) is 0 Å². The summed E-state index contributed by atoms with van der Waals surface area (Å²) in [6, 6.07) is 5.10. The zero-order valence-electron chi connectivity index (χ0n) is 11.2. The number of hydrogen-bond acceptors (Lipinski definition) is 5. The van der Waals surface area contributed by atoms with Crippen LogP contribution in [0.25, 0.3) is 0 Å². The van der Waals surface area contributed by atoms with Gasteiger partial charge in [0, 0.05) is 37.0 Å². The highest BCUT2D eigenvalue weighted by Gasteiger charge is 2.14. The Morgan fingerprint density at radius 1 is 1.55 bits per heavy atom. The number of carbonyl (C=O) groups excluding carboxylic acids is 1. The Morgan fingerprint density at radius 3 is 3.10 bits per heavy atom. The first-order valence-corrected chi connectivity index (χ1v) is 6.52. The van der Waals surface area contributed by atoms with Gasteiger partial charge in [-0.25, -0.2) is 0 Å². The number of carbonyl (C=O) groups is 1. The molecule has 0 fully saturated rings. The lowest BCUT2D eigenvalue weighted by Crippen LogP contribution is -2.28. The normalized spacial score (nSPS) is 12.1. The fraction of sp³-hybridized carbons (Fsp3) is 0.357. The summed E-state index contributed by atoms with van der Waals surface area (Å²) in [6.45, 7) is 2.12. The van der Waals surface area contributed by atoms with Gasteiger partial charge in [-0.1, -0.05) is 18.1 Å². The third-order valence-corrected chi connectivity index (χ3v) is 2.81. The van der Waals surface area contributed by atoms with Crippen molar-refractivity contribution in [1.82, 2.24) is 15.5 Å². The molecule has 20 heavy (non-hydrogen) atoms. The van der Waals surface area contributed by atoms with E-state index in [4.69, 9.17) is 4.52 Å². The summed E-state index contributed by atoms with van der Waals surface area (Å²) >= 11 is 0. The molecule has 0 radical (unpaired) electrons. The van der Waals surface area contributed by atoms with Gasteiger partial charge in [0.1, 0.15) is 5.76 Å². The predicted octanol–water partition coefficient (Wildman–Crippen LogP) is 1.49. The van der Waals surface area contributed by atoms with E-state index in [-0.39, 0.29) is 18.1 Å². The lowest BCUT2D eigenvalue weighted by Gasteiger charge is -2.10. The fourth-order valence-corrected chi connectivity index (χ4v) is 1.76. The topological polar surface area (TPSA) is 88.2 Å². The molecule has 0 aliphatic rings. The molecule has 0 saturated heterocycles. The Kier molecular flexibility index (Phi) is 4.84. The van der Waals surface area contributed by atoms with Crippen LogP contribution in [0.3, 0.4) is 0 Å². The zero-order valence-corrected chi connectivity index (χ0v) is 11.2. The van der Waals surface area contributed by atoms with E-state index >= 15 is 0 Å². The SMILES string of the molecule is CCCc1cc(C(=O)NC[C@H](O)c2cccnc2)no1. The molecule has 2 rings (SSSR count). The maximum atomic E-state index is 11.8. The second-order valence-electron chi connectivity index (χ2n) is 4.44. The van der Waals surface area contributed by atoms with E-state index in [9.17, 15) is 9.90 Å². The van der Waals surface area contributed by atoms with E-state index in [1.807, 2.05) is 6.92 Å². The molecular weight excluding hydrogens is 258 g/mol. The second-order valence-corrected chi connectivity index (χ2v) is 4.44. The number of amides is 1. The Labute approximate surface area is 116 Å². The molecule has 6 heteroatoms. The van der Waals surface area contributed by atoms with Crippen LogP contribution in [0.15, 0.2) is 35.1 Å². The van der Waals surface area contributed by atoms with E-state index in [1.165, 1.54) is 0 Å². The van der Waals surface area contributed by atoms with Gasteiger partial charge in [0.05, 0.1) is 6.10 Å². The predicted molar refractivity (Wildman–Crippen MR) is 72.0 cm³/mol. The van der Waals surface area contributed by atoms with E-state index in [0.29, 0.717) is 11.3 Å². The van der Waals surface area contributed by atoms with E-state index in [1.54, 1.807) is 30.6 Å². The number of pyridine rings is 1. The largest absolute Gasteiger partial charge is 0.387 e. The van der Waals surface area contributed by atoms with Gasteiger partial charge in [-0.15, -0.1) is 0 Å². The molecule has 0 unspecified atom stereocenters. The minimum Gasteiger partial charge on any atom is -0.387 e. The molecule has 0 saturated carbocycles. The maximum Gasteiger partial charge on any atom is 0.273 e. The average Bonchev–Trinajstić information content (AvgIpc) is 2.94. The Bertz CT molecular complexity index is 554. The molecule has 0 aliphatic carbocycles. The number of aryl methyl sites for hydroxylation is 1. The maximum absolute atomic E-state index is 11.8.